The zero-order chi connectivity index (χ0) is 7.40. The van der Waals surface area contributed by atoms with E-state index in [9.17, 15) is 0 Å². The van der Waals surface area contributed by atoms with Crippen LogP contribution in [0.25, 0.3) is 0 Å². The minimum absolute atomic E-state index is 0.334. The van der Waals surface area contributed by atoms with Crippen molar-refractivity contribution >= 4 is 11.8 Å². The lowest BCUT2D eigenvalue weighted by molar-refractivity contribution is 0.475. The largest absolute Gasteiger partial charge is 0.508 e. The molecule has 0 saturated heterocycles. The Kier molecular flexibility index (Phi) is 2.63. The molecule has 0 spiro atoms. The van der Waals surface area contributed by atoms with Crippen molar-refractivity contribution in [1.29, 1.82) is 0 Å². The molecule has 1 nitrogen and oxygen atoms in total. The first-order valence-electron chi connectivity index (χ1n) is 3.24. The second-order valence-electron chi connectivity index (χ2n) is 1.93. The van der Waals surface area contributed by atoms with Crippen molar-refractivity contribution in [2.24, 2.45) is 0 Å². The van der Waals surface area contributed by atoms with Crippen molar-refractivity contribution in [3.63, 3.8) is 0 Å². The highest BCUT2D eigenvalue weighted by Gasteiger charge is 1.89. The fourth-order valence-corrected chi connectivity index (χ4v) is 1.37. The normalized spacial score (nSPS) is 9.70. The molecule has 1 aromatic carbocycles. The Balaban J connectivity index is 2.69. The third kappa shape index (κ3) is 1.95. The van der Waals surface area contributed by atoms with Crippen LogP contribution in [0.4, 0.5) is 0 Å². The van der Waals surface area contributed by atoms with Gasteiger partial charge in [0.1, 0.15) is 5.75 Å². The molecule has 1 rings (SSSR count). The molecule has 0 aliphatic carbocycles. The third-order valence-electron chi connectivity index (χ3n) is 1.15. The summed E-state index contributed by atoms with van der Waals surface area (Å²) >= 11 is 1.77. The van der Waals surface area contributed by atoms with Crippen molar-refractivity contribution < 1.29 is 5.11 Å². The van der Waals surface area contributed by atoms with Crippen LogP contribution in [0.5, 0.6) is 5.75 Å². The van der Waals surface area contributed by atoms with Crippen molar-refractivity contribution in [3.8, 4) is 5.75 Å². The van der Waals surface area contributed by atoms with Crippen LogP contribution >= 0.6 is 11.8 Å². The van der Waals surface area contributed by atoms with Crippen molar-refractivity contribution in [2.75, 3.05) is 5.75 Å². The van der Waals surface area contributed by atoms with Crippen molar-refractivity contribution in [1.82, 2.24) is 0 Å². The monoisotopic (exact) mass is 154 g/mol. The van der Waals surface area contributed by atoms with Gasteiger partial charge in [0.2, 0.25) is 0 Å². The van der Waals surface area contributed by atoms with Gasteiger partial charge in [-0.3, -0.25) is 0 Å². The molecule has 0 saturated carbocycles. The predicted octanol–water partition coefficient (Wildman–Crippen LogP) is 2.50. The van der Waals surface area contributed by atoms with Crippen LogP contribution in [-0.2, 0) is 0 Å². The number of hydrogen-bond acceptors (Lipinski definition) is 2. The SMILES string of the molecule is CCSc1ccc(O)cc1. The number of phenols is 1. The molecule has 0 unspecified atom stereocenters. The lowest BCUT2D eigenvalue weighted by Gasteiger charge is -1.96. The van der Waals surface area contributed by atoms with Crippen molar-refractivity contribution in [2.45, 2.75) is 11.8 Å². The van der Waals surface area contributed by atoms with E-state index in [0.717, 1.165) is 5.75 Å². The Bertz CT molecular complexity index is 193. The van der Waals surface area contributed by atoms with Gasteiger partial charge in [-0.05, 0) is 30.0 Å². The van der Waals surface area contributed by atoms with Crippen LogP contribution in [0.2, 0.25) is 0 Å². The average molecular weight is 154 g/mol. The lowest BCUT2D eigenvalue weighted by atomic mass is 10.3. The van der Waals surface area contributed by atoms with E-state index in [1.807, 2.05) is 12.1 Å². The smallest absolute Gasteiger partial charge is 0.115 e. The Morgan fingerprint density at radius 1 is 1.30 bits per heavy atom. The van der Waals surface area contributed by atoms with Crippen LogP contribution in [0.15, 0.2) is 29.2 Å². The topological polar surface area (TPSA) is 20.2 Å². The summed E-state index contributed by atoms with van der Waals surface area (Å²) < 4.78 is 0. The molecule has 54 valence electrons. The summed E-state index contributed by atoms with van der Waals surface area (Å²) in [5, 5.41) is 8.92. The van der Waals surface area contributed by atoms with E-state index >= 15 is 0 Å². The molecule has 0 aliphatic heterocycles. The van der Waals surface area contributed by atoms with Crippen LogP contribution < -0.4 is 0 Å². The molecular weight excluding hydrogens is 144 g/mol. The van der Waals surface area contributed by atoms with Crippen molar-refractivity contribution in [3.05, 3.63) is 24.3 Å². The van der Waals surface area contributed by atoms with E-state index in [4.69, 9.17) is 5.11 Å². The van der Waals surface area contributed by atoms with E-state index in [0.29, 0.717) is 5.75 Å². The molecule has 0 fully saturated rings. The first-order chi connectivity index (χ1) is 4.83. The first-order valence-corrected chi connectivity index (χ1v) is 4.23. The Hall–Kier alpha value is -0.630. The third-order valence-corrected chi connectivity index (χ3v) is 2.04. The van der Waals surface area contributed by atoms with Gasteiger partial charge in [0.15, 0.2) is 0 Å². The second kappa shape index (κ2) is 3.52. The van der Waals surface area contributed by atoms with E-state index in [1.54, 1.807) is 23.9 Å². The molecule has 0 amide bonds. The Morgan fingerprint density at radius 2 is 1.90 bits per heavy atom. The van der Waals surface area contributed by atoms with Crippen LogP contribution in [-0.4, -0.2) is 10.9 Å². The minimum atomic E-state index is 0.334. The van der Waals surface area contributed by atoms with Gasteiger partial charge in [-0.1, -0.05) is 6.92 Å². The summed E-state index contributed by atoms with van der Waals surface area (Å²) in [5.74, 6) is 1.41. The standard InChI is InChI=1S/C8H10OS/c1-2-10-8-5-3-7(9)4-6-8/h3-6,9H,2H2,1H3. The summed E-state index contributed by atoms with van der Waals surface area (Å²) in [5.41, 5.74) is 0. The van der Waals surface area contributed by atoms with Gasteiger partial charge in [-0.2, -0.15) is 0 Å². The van der Waals surface area contributed by atoms with Crippen LogP contribution in [0, 0.1) is 0 Å². The van der Waals surface area contributed by atoms with Gasteiger partial charge in [-0.25, -0.2) is 0 Å². The van der Waals surface area contributed by atoms with E-state index in [2.05, 4.69) is 6.92 Å². The Labute approximate surface area is 65.1 Å². The van der Waals surface area contributed by atoms with Gasteiger partial charge in [-0.15, -0.1) is 11.8 Å². The number of aromatic hydroxyl groups is 1. The zero-order valence-electron chi connectivity index (χ0n) is 5.87. The lowest BCUT2D eigenvalue weighted by Crippen LogP contribution is -1.70. The van der Waals surface area contributed by atoms with Crippen LogP contribution in [0.1, 0.15) is 6.92 Å². The van der Waals surface area contributed by atoms with Gasteiger partial charge in [0.25, 0.3) is 0 Å². The number of rotatable bonds is 2. The first kappa shape index (κ1) is 7.48. The van der Waals surface area contributed by atoms with Gasteiger partial charge < -0.3 is 5.11 Å². The zero-order valence-corrected chi connectivity index (χ0v) is 6.69. The highest BCUT2D eigenvalue weighted by Crippen LogP contribution is 2.19. The summed E-state index contributed by atoms with van der Waals surface area (Å²) in [6, 6.07) is 7.25. The summed E-state index contributed by atoms with van der Waals surface area (Å²) in [7, 11) is 0. The minimum Gasteiger partial charge on any atom is -0.508 e. The molecule has 0 radical (unpaired) electrons. The van der Waals surface area contributed by atoms with E-state index in [1.165, 1.54) is 4.90 Å². The van der Waals surface area contributed by atoms with Gasteiger partial charge in [0, 0.05) is 4.90 Å². The van der Waals surface area contributed by atoms with Gasteiger partial charge in [0.05, 0.1) is 0 Å². The van der Waals surface area contributed by atoms with Crippen LogP contribution in [0.3, 0.4) is 0 Å². The molecule has 0 aliphatic rings. The number of phenolic OH excluding ortho intramolecular Hbond substituents is 1. The number of benzene rings is 1. The highest BCUT2D eigenvalue weighted by molar-refractivity contribution is 7.99. The Morgan fingerprint density at radius 3 is 2.40 bits per heavy atom. The fourth-order valence-electron chi connectivity index (χ4n) is 0.709. The molecule has 0 heterocycles. The quantitative estimate of drug-likeness (QED) is 0.660. The molecule has 1 N–H and O–H groups in total. The number of thioether (sulfide) groups is 1. The van der Waals surface area contributed by atoms with Gasteiger partial charge >= 0.3 is 0 Å². The average Bonchev–Trinajstić information content (AvgIpc) is 1.95. The summed E-state index contributed by atoms with van der Waals surface area (Å²) in [6.45, 7) is 2.11. The molecule has 0 aromatic heterocycles. The molecular formula is C8H10OS. The molecule has 1 aromatic rings. The highest BCUT2D eigenvalue weighted by atomic mass is 32.2. The molecule has 2 heteroatoms. The van der Waals surface area contributed by atoms with E-state index < -0.39 is 0 Å². The molecule has 0 atom stereocenters. The molecule has 10 heavy (non-hydrogen) atoms. The van der Waals surface area contributed by atoms with E-state index in [-0.39, 0.29) is 0 Å². The summed E-state index contributed by atoms with van der Waals surface area (Å²) in [4.78, 5) is 1.21. The fraction of sp³-hybridized carbons (Fsp3) is 0.250. The maximum absolute atomic E-state index is 8.92. The molecule has 0 bridgehead atoms. The maximum Gasteiger partial charge on any atom is 0.115 e. The summed E-state index contributed by atoms with van der Waals surface area (Å²) in [6.07, 6.45) is 0. The number of hydrogen-bond donors (Lipinski definition) is 1. The maximum atomic E-state index is 8.92. The second-order valence-corrected chi connectivity index (χ2v) is 3.26. The predicted molar refractivity (Wildman–Crippen MR) is 44.5 cm³/mol.